The molecule has 0 spiro atoms. The van der Waals surface area contributed by atoms with Gasteiger partial charge in [0.2, 0.25) is 0 Å². The lowest BCUT2D eigenvalue weighted by molar-refractivity contribution is -0.105. The van der Waals surface area contributed by atoms with Crippen molar-refractivity contribution < 1.29 is 14.2 Å². The highest BCUT2D eigenvalue weighted by atomic mass is 16.6. The SMILES string of the molecule is CCCCCCCCCCCCCCCCOCC(CN1CCc2ccccc2C1)OC(COCCCCCCCCCCCCCCCC)CN1CCc2ccccc2C1. The molecule has 5 heteroatoms. The monoisotopic (exact) mass is 845 g/mol. The van der Waals surface area contributed by atoms with Crippen LogP contribution in [0.2, 0.25) is 0 Å². The van der Waals surface area contributed by atoms with E-state index in [-0.39, 0.29) is 12.2 Å². The van der Waals surface area contributed by atoms with Crippen molar-refractivity contribution in [2.24, 2.45) is 0 Å². The Hall–Kier alpha value is -1.76. The fourth-order valence-electron chi connectivity index (χ4n) is 9.77. The molecule has 0 aromatic heterocycles. The maximum atomic E-state index is 7.15. The molecule has 2 heterocycles. The van der Waals surface area contributed by atoms with E-state index in [9.17, 15) is 0 Å². The molecule has 61 heavy (non-hydrogen) atoms. The maximum Gasteiger partial charge on any atom is 0.0940 e. The molecule has 0 saturated carbocycles. The Labute approximate surface area is 377 Å². The first kappa shape index (κ1) is 51.9. The van der Waals surface area contributed by atoms with Crippen LogP contribution >= 0.6 is 0 Å². The Morgan fingerprint density at radius 3 is 1.02 bits per heavy atom. The Bertz CT molecular complexity index is 1200. The van der Waals surface area contributed by atoms with Gasteiger partial charge in [0.15, 0.2) is 0 Å². The smallest absolute Gasteiger partial charge is 0.0940 e. The van der Waals surface area contributed by atoms with Gasteiger partial charge in [-0.1, -0.05) is 229 Å². The van der Waals surface area contributed by atoms with Gasteiger partial charge < -0.3 is 14.2 Å². The fourth-order valence-corrected chi connectivity index (χ4v) is 9.77. The van der Waals surface area contributed by atoms with Crippen LogP contribution in [0.15, 0.2) is 48.5 Å². The number of rotatable bonds is 40. The molecule has 0 radical (unpaired) electrons. The minimum Gasteiger partial charge on any atom is -0.379 e. The summed E-state index contributed by atoms with van der Waals surface area (Å²) < 4.78 is 20.1. The quantitative estimate of drug-likeness (QED) is 0.0624. The van der Waals surface area contributed by atoms with E-state index in [0.717, 1.165) is 78.2 Å². The van der Waals surface area contributed by atoms with E-state index in [1.54, 1.807) is 0 Å². The molecule has 0 aliphatic carbocycles. The number of fused-ring (bicyclic) bond motifs is 2. The molecular weight excluding hydrogens is 749 g/mol. The van der Waals surface area contributed by atoms with Crippen LogP contribution in [0.1, 0.15) is 216 Å². The molecule has 5 nitrogen and oxygen atoms in total. The van der Waals surface area contributed by atoms with Gasteiger partial charge in [0.05, 0.1) is 25.4 Å². The number of hydrogen-bond acceptors (Lipinski definition) is 5. The van der Waals surface area contributed by atoms with E-state index in [2.05, 4.69) is 72.2 Å². The van der Waals surface area contributed by atoms with Crippen LogP contribution in [0.4, 0.5) is 0 Å². The fraction of sp³-hybridized carbons (Fsp3) is 0.786. The van der Waals surface area contributed by atoms with E-state index in [1.165, 1.54) is 189 Å². The number of benzene rings is 2. The molecule has 348 valence electrons. The summed E-state index contributed by atoms with van der Waals surface area (Å²) in [5.41, 5.74) is 5.95. The first-order valence-electron chi connectivity index (χ1n) is 26.6. The highest BCUT2D eigenvalue weighted by Gasteiger charge is 2.26. The van der Waals surface area contributed by atoms with Crippen molar-refractivity contribution >= 4 is 0 Å². The summed E-state index contributed by atoms with van der Waals surface area (Å²) in [5, 5.41) is 0. The molecule has 2 aromatic rings. The lowest BCUT2D eigenvalue weighted by Crippen LogP contribution is -2.45. The van der Waals surface area contributed by atoms with Crippen molar-refractivity contribution in [2.45, 2.75) is 232 Å². The zero-order chi connectivity index (χ0) is 42.7. The Kier molecular flexibility index (Phi) is 30.2. The highest BCUT2D eigenvalue weighted by Crippen LogP contribution is 2.22. The molecule has 0 saturated heterocycles. The third-order valence-corrected chi connectivity index (χ3v) is 13.6. The summed E-state index contributed by atoms with van der Waals surface area (Å²) in [5.74, 6) is 0. The van der Waals surface area contributed by atoms with Crippen LogP contribution < -0.4 is 0 Å². The summed E-state index contributed by atoms with van der Waals surface area (Å²) >= 11 is 0. The van der Waals surface area contributed by atoms with E-state index in [1.807, 2.05) is 0 Å². The summed E-state index contributed by atoms with van der Waals surface area (Å²) in [4.78, 5) is 5.21. The standard InChI is InChI=1S/C56H96N2O3/c1-3-5-7-9-11-13-15-17-19-21-23-25-27-33-43-59-49-55(47-57-41-39-51-35-29-31-37-53(51)45-57)61-56(48-58-42-40-52-36-30-32-38-54(52)46-58)50-60-44-34-28-26-24-22-20-18-16-14-12-10-8-6-4-2/h29-32,35-38,55-56H,3-28,33-34,39-50H2,1-2H3. The second-order valence-corrected chi connectivity index (χ2v) is 19.2. The van der Waals surface area contributed by atoms with Crippen LogP contribution in [0, 0.1) is 0 Å². The molecule has 4 rings (SSSR count). The van der Waals surface area contributed by atoms with Crippen LogP contribution in [0.3, 0.4) is 0 Å². The molecule has 0 bridgehead atoms. The normalized spacial score (nSPS) is 15.5. The molecule has 0 N–H and O–H groups in total. The Morgan fingerprint density at radius 1 is 0.393 bits per heavy atom. The van der Waals surface area contributed by atoms with Crippen molar-refractivity contribution in [3.8, 4) is 0 Å². The van der Waals surface area contributed by atoms with Gasteiger partial charge in [0, 0.05) is 52.5 Å². The third kappa shape index (κ3) is 24.8. The van der Waals surface area contributed by atoms with Crippen LogP contribution in [-0.2, 0) is 40.1 Å². The first-order valence-corrected chi connectivity index (χ1v) is 26.6. The molecule has 2 aromatic carbocycles. The van der Waals surface area contributed by atoms with Crippen LogP contribution in [0.25, 0.3) is 0 Å². The molecule has 2 aliphatic heterocycles. The Morgan fingerprint density at radius 2 is 0.689 bits per heavy atom. The summed E-state index contributed by atoms with van der Waals surface area (Å²) in [6, 6.07) is 18.0. The van der Waals surface area contributed by atoms with E-state index in [4.69, 9.17) is 14.2 Å². The minimum atomic E-state index is 0.0311. The largest absolute Gasteiger partial charge is 0.379 e. The summed E-state index contributed by atoms with van der Waals surface area (Å²) in [6.45, 7) is 13.6. The number of hydrogen-bond donors (Lipinski definition) is 0. The predicted octanol–water partition coefficient (Wildman–Crippen LogP) is 14.9. The van der Waals surface area contributed by atoms with Gasteiger partial charge in [-0.25, -0.2) is 0 Å². The van der Waals surface area contributed by atoms with Crippen LogP contribution in [0.5, 0.6) is 0 Å². The van der Waals surface area contributed by atoms with Gasteiger partial charge in [-0.3, -0.25) is 9.80 Å². The van der Waals surface area contributed by atoms with Gasteiger partial charge in [-0.05, 0) is 47.9 Å². The van der Waals surface area contributed by atoms with Crippen LogP contribution in [-0.4, -0.2) is 74.6 Å². The molecule has 2 aliphatic rings. The van der Waals surface area contributed by atoms with Gasteiger partial charge in [-0.15, -0.1) is 0 Å². The first-order chi connectivity index (χ1) is 30.2. The lowest BCUT2D eigenvalue weighted by Gasteiger charge is -2.36. The van der Waals surface area contributed by atoms with Crippen molar-refractivity contribution in [1.29, 1.82) is 0 Å². The van der Waals surface area contributed by atoms with Gasteiger partial charge in [-0.2, -0.15) is 0 Å². The molecule has 2 unspecified atom stereocenters. The molecule has 0 fully saturated rings. The maximum absolute atomic E-state index is 7.15. The van der Waals surface area contributed by atoms with Crippen molar-refractivity contribution in [1.82, 2.24) is 9.80 Å². The minimum absolute atomic E-state index is 0.0311. The second-order valence-electron chi connectivity index (χ2n) is 19.2. The summed E-state index contributed by atoms with van der Waals surface area (Å²) in [7, 11) is 0. The van der Waals surface area contributed by atoms with Crippen molar-refractivity contribution in [2.75, 3.05) is 52.6 Å². The molecule has 0 amide bonds. The molecular formula is C56H96N2O3. The number of nitrogens with zero attached hydrogens (tertiary/aromatic N) is 2. The zero-order valence-corrected chi connectivity index (χ0v) is 40.2. The van der Waals surface area contributed by atoms with Gasteiger partial charge in [0.1, 0.15) is 0 Å². The van der Waals surface area contributed by atoms with Gasteiger partial charge in [0.25, 0.3) is 0 Å². The average molecular weight is 845 g/mol. The van der Waals surface area contributed by atoms with Crippen molar-refractivity contribution in [3.63, 3.8) is 0 Å². The zero-order valence-electron chi connectivity index (χ0n) is 40.2. The van der Waals surface area contributed by atoms with E-state index in [0.29, 0.717) is 13.2 Å². The predicted molar refractivity (Wildman–Crippen MR) is 262 cm³/mol. The second kappa shape index (κ2) is 35.6. The topological polar surface area (TPSA) is 34.2 Å². The number of unbranched alkanes of at least 4 members (excludes halogenated alkanes) is 26. The molecule has 2 atom stereocenters. The highest BCUT2D eigenvalue weighted by molar-refractivity contribution is 5.30. The van der Waals surface area contributed by atoms with Gasteiger partial charge >= 0.3 is 0 Å². The lowest BCUT2D eigenvalue weighted by atomic mass is 9.99. The van der Waals surface area contributed by atoms with Crippen molar-refractivity contribution in [3.05, 3.63) is 70.8 Å². The summed E-state index contributed by atoms with van der Waals surface area (Å²) in [6.07, 6.45) is 41.0. The third-order valence-electron chi connectivity index (χ3n) is 13.6. The average Bonchev–Trinajstić information content (AvgIpc) is 3.28. The Balaban J connectivity index is 1.18. The van der Waals surface area contributed by atoms with E-state index < -0.39 is 0 Å². The number of ether oxygens (including phenoxy) is 3. The van der Waals surface area contributed by atoms with E-state index >= 15 is 0 Å².